The lowest BCUT2D eigenvalue weighted by Gasteiger charge is -2.38. The van der Waals surface area contributed by atoms with Gasteiger partial charge in [0.1, 0.15) is 11.6 Å². The Morgan fingerprint density at radius 1 is 0.912 bits per heavy atom. The van der Waals surface area contributed by atoms with Crippen molar-refractivity contribution in [1.82, 2.24) is 19.6 Å². The fourth-order valence-corrected chi connectivity index (χ4v) is 4.59. The standard InChI is InChI=1S/C26H22FN5.2ClH/c1-16-30-31-25-22-15-21(17-5-9-20(27)10-6-17)24(29-23(22)11-14-32(16)25)18-3-7-19(8-4-18)26(28)12-2-13-26;;/h3-11,14-15H,2,12-13,28H2,1H3;2*1H. The molecule has 0 saturated heterocycles. The summed E-state index contributed by atoms with van der Waals surface area (Å²) < 4.78 is 15.6. The quantitative estimate of drug-likeness (QED) is 0.321. The molecule has 6 rings (SSSR count). The van der Waals surface area contributed by atoms with Crippen molar-refractivity contribution < 1.29 is 4.39 Å². The predicted octanol–water partition coefficient (Wildman–Crippen LogP) is 6.24. The van der Waals surface area contributed by atoms with Crippen LogP contribution in [-0.4, -0.2) is 19.6 Å². The molecular weight excluding hydrogens is 472 g/mol. The number of pyridine rings is 2. The van der Waals surface area contributed by atoms with Gasteiger partial charge in [-0.1, -0.05) is 36.4 Å². The Kier molecular flexibility index (Phi) is 6.34. The van der Waals surface area contributed by atoms with E-state index >= 15 is 0 Å². The molecule has 8 heteroatoms. The van der Waals surface area contributed by atoms with Crippen LogP contribution in [0.5, 0.6) is 0 Å². The lowest BCUT2D eigenvalue weighted by molar-refractivity contribution is 0.253. The number of hydrogen-bond acceptors (Lipinski definition) is 4. The lowest BCUT2D eigenvalue weighted by atomic mass is 9.72. The summed E-state index contributed by atoms with van der Waals surface area (Å²) in [4.78, 5) is 5.02. The first-order valence-corrected chi connectivity index (χ1v) is 10.8. The van der Waals surface area contributed by atoms with E-state index < -0.39 is 0 Å². The summed E-state index contributed by atoms with van der Waals surface area (Å²) in [6, 6.07) is 19.0. The zero-order valence-corrected chi connectivity index (χ0v) is 20.2. The van der Waals surface area contributed by atoms with Crippen LogP contribution in [0.2, 0.25) is 0 Å². The van der Waals surface area contributed by atoms with Crippen molar-refractivity contribution in [3.8, 4) is 22.4 Å². The van der Waals surface area contributed by atoms with Crippen LogP contribution in [0.1, 0.15) is 30.7 Å². The van der Waals surface area contributed by atoms with E-state index in [2.05, 4.69) is 40.5 Å². The SMILES string of the molecule is Cc1nnc2c3cc(-c4ccc(F)cc4)c(-c4ccc(C5(N)CCC5)cc4)nc3ccn12.Cl.Cl. The van der Waals surface area contributed by atoms with Crippen molar-refractivity contribution >= 4 is 41.4 Å². The molecule has 0 bridgehead atoms. The van der Waals surface area contributed by atoms with Gasteiger partial charge in [-0.25, -0.2) is 9.37 Å². The molecule has 1 aliphatic carbocycles. The Balaban J connectivity index is 0.00000137. The average molecular weight is 496 g/mol. The van der Waals surface area contributed by atoms with Gasteiger partial charge in [-0.2, -0.15) is 0 Å². The Morgan fingerprint density at radius 2 is 1.59 bits per heavy atom. The third kappa shape index (κ3) is 3.82. The molecule has 5 aromatic rings. The largest absolute Gasteiger partial charge is 0.321 e. The highest BCUT2D eigenvalue weighted by Gasteiger charge is 2.34. The number of aryl methyl sites for hydroxylation is 1. The lowest BCUT2D eigenvalue weighted by Crippen LogP contribution is -2.43. The van der Waals surface area contributed by atoms with Gasteiger partial charge in [-0.15, -0.1) is 35.0 Å². The number of aromatic nitrogens is 4. The average Bonchev–Trinajstić information content (AvgIpc) is 3.18. The number of nitrogens with zero attached hydrogens (tertiary/aromatic N) is 4. The van der Waals surface area contributed by atoms with Crippen LogP contribution in [-0.2, 0) is 5.54 Å². The van der Waals surface area contributed by atoms with Crippen LogP contribution in [0.3, 0.4) is 0 Å². The smallest absolute Gasteiger partial charge is 0.170 e. The van der Waals surface area contributed by atoms with Crippen LogP contribution in [0.25, 0.3) is 38.9 Å². The highest BCUT2D eigenvalue weighted by Crippen LogP contribution is 2.40. The van der Waals surface area contributed by atoms with E-state index in [1.54, 1.807) is 12.1 Å². The van der Waals surface area contributed by atoms with Gasteiger partial charge in [0.15, 0.2) is 5.65 Å². The molecule has 0 spiro atoms. The fraction of sp³-hybridized carbons (Fsp3) is 0.192. The van der Waals surface area contributed by atoms with E-state index in [9.17, 15) is 4.39 Å². The van der Waals surface area contributed by atoms with Gasteiger partial charge in [0.05, 0.1) is 11.2 Å². The summed E-state index contributed by atoms with van der Waals surface area (Å²) in [7, 11) is 0. The summed E-state index contributed by atoms with van der Waals surface area (Å²) in [5.74, 6) is 0.550. The molecule has 1 fully saturated rings. The predicted molar refractivity (Wildman–Crippen MR) is 138 cm³/mol. The number of fused-ring (bicyclic) bond motifs is 3. The molecule has 3 aromatic heterocycles. The van der Waals surface area contributed by atoms with Gasteiger partial charge < -0.3 is 5.73 Å². The molecule has 2 N–H and O–H groups in total. The Bertz CT molecular complexity index is 1480. The summed E-state index contributed by atoms with van der Waals surface area (Å²) in [6.45, 7) is 1.92. The van der Waals surface area contributed by atoms with Crippen molar-refractivity contribution in [3.63, 3.8) is 0 Å². The maximum Gasteiger partial charge on any atom is 0.170 e. The van der Waals surface area contributed by atoms with Crippen molar-refractivity contribution in [2.45, 2.75) is 31.7 Å². The van der Waals surface area contributed by atoms with E-state index in [0.29, 0.717) is 0 Å². The van der Waals surface area contributed by atoms with Crippen LogP contribution in [0.4, 0.5) is 4.39 Å². The van der Waals surface area contributed by atoms with Crippen LogP contribution >= 0.6 is 24.8 Å². The van der Waals surface area contributed by atoms with E-state index in [1.807, 2.05) is 23.6 Å². The van der Waals surface area contributed by atoms with E-state index in [4.69, 9.17) is 10.7 Å². The van der Waals surface area contributed by atoms with Gasteiger partial charge in [-0.3, -0.25) is 4.40 Å². The number of hydrogen-bond donors (Lipinski definition) is 1. The normalized spacial score (nSPS) is 14.3. The molecule has 1 aliphatic rings. The first-order valence-electron chi connectivity index (χ1n) is 10.8. The second kappa shape index (κ2) is 8.95. The maximum atomic E-state index is 13.6. The molecule has 3 heterocycles. The van der Waals surface area contributed by atoms with Gasteiger partial charge in [-0.05, 0) is 61.6 Å². The first-order chi connectivity index (χ1) is 15.5. The maximum absolute atomic E-state index is 13.6. The van der Waals surface area contributed by atoms with Crippen molar-refractivity contribution in [2.24, 2.45) is 5.73 Å². The fourth-order valence-electron chi connectivity index (χ4n) is 4.59. The minimum Gasteiger partial charge on any atom is -0.321 e. The molecule has 34 heavy (non-hydrogen) atoms. The molecule has 1 saturated carbocycles. The zero-order chi connectivity index (χ0) is 21.9. The topological polar surface area (TPSA) is 69.1 Å². The van der Waals surface area contributed by atoms with Crippen molar-refractivity contribution in [1.29, 1.82) is 0 Å². The van der Waals surface area contributed by atoms with Crippen LogP contribution < -0.4 is 5.73 Å². The number of rotatable bonds is 3. The molecule has 174 valence electrons. The Morgan fingerprint density at radius 3 is 2.24 bits per heavy atom. The summed E-state index contributed by atoms with van der Waals surface area (Å²) >= 11 is 0. The zero-order valence-electron chi connectivity index (χ0n) is 18.5. The van der Waals surface area contributed by atoms with Crippen molar-refractivity contribution in [3.05, 3.63) is 84.1 Å². The summed E-state index contributed by atoms with van der Waals surface area (Å²) in [6.07, 6.45) is 5.17. The highest BCUT2D eigenvalue weighted by molar-refractivity contribution is 5.98. The summed E-state index contributed by atoms with van der Waals surface area (Å²) in [5.41, 5.74) is 12.7. The van der Waals surface area contributed by atoms with E-state index in [-0.39, 0.29) is 36.2 Å². The van der Waals surface area contributed by atoms with Gasteiger partial charge in [0.2, 0.25) is 0 Å². The first kappa shape index (κ1) is 24.1. The third-order valence-electron chi connectivity index (χ3n) is 6.67. The Hall–Kier alpha value is -3.06. The number of halogens is 3. The number of benzene rings is 2. The van der Waals surface area contributed by atoms with Gasteiger partial charge in [0.25, 0.3) is 0 Å². The second-order valence-corrected chi connectivity index (χ2v) is 8.67. The monoisotopic (exact) mass is 495 g/mol. The molecule has 2 aromatic carbocycles. The molecule has 0 unspecified atom stereocenters. The minimum atomic E-state index is -0.266. The molecule has 0 radical (unpaired) electrons. The van der Waals surface area contributed by atoms with Crippen molar-refractivity contribution in [2.75, 3.05) is 0 Å². The molecule has 0 atom stereocenters. The number of nitrogens with two attached hydrogens (primary N) is 1. The van der Waals surface area contributed by atoms with Crippen LogP contribution in [0.15, 0.2) is 66.9 Å². The molecule has 0 aliphatic heterocycles. The minimum absolute atomic E-state index is 0. The van der Waals surface area contributed by atoms with E-state index in [1.165, 1.54) is 18.6 Å². The van der Waals surface area contributed by atoms with Gasteiger partial charge >= 0.3 is 0 Å². The summed E-state index contributed by atoms with van der Waals surface area (Å²) in [5, 5.41) is 9.47. The molecule has 5 nitrogen and oxygen atoms in total. The third-order valence-corrected chi connectivity index (χ3v) is 6.67. The highest BCUT2D eigenvalue weighted by atomic mass is 35.5. The second-order valence-electron chi connectivity index (χ2n) is 8.67. The van der Waals surface area contributed by atoms with Gasteiger partial charge in [0, 0.05) is 28.2 Å². The molecule has 0 amide bonds. The Labute approximate surface area is 209 Å². The molecular formula is C26H24Cl2FN5. The van der Waals surface area contributed by atoms with E-state index in [0.717, 1.165) is 63.2 Å². The van der Waals surface area contributed by atoms with Crippen LogP contribution in [0, 0.1) is 12.7 Å².